The summed E-state index contributed by atoms with van der Waals surface area (Å²) in [7, 11) is 0. The van der Waals surface area contributed by atoms with E-state index in [-0.39, 0.29) is 0 Å². The Hall–Kier alpha value is -1.84. The SMILES string of the molecule is Cc1ccc(NCC(O)CNC(C)Cc2ccccc2)cc1. The maximum absolute atomic E-state index is 10.1. The average Bonchev–Trinajstić information content (AvgIpc) is 2.53. The Morgan fingerprint density at radius 3 is 2.32 bits per heavy atom. The van der Waals surface area contributed by atoms with Crippen molar-refractivity contribution < 1.29 is 5.11 Å². The summed E-state index contributed by atoms with van der Waals surface area (Å²) in [5.74, 6) is 0. The predicted octanol–water partition coefficient (Wildman–Crippen LogP) is 2.99. The first-order valence-corrected chi connectivity index (χ1v) is 7.89. The molecule has 2 aromatic carbocycles. The minimum atomic E-state index is -0.403. The smallest absolute Gasteiger partial charge is 0.0836 e. The van der Waals surface area contributed by atoms with E-state index in [2.05, 4.69) is 60.9 Å². The van der Waals surface area contributed by atoms with Crippen LogP contribution in [0.4, 0.5) is 5.69 Å². The molecule has 3 heteroatoms. The van der Waals surface area contributed by atoms with Gasteiger partial charge in [-0.15, -0.1) is 0 Å². The standard InChI is InChI=1S/C19H26N2O/c1-15-8-10-18(11-9-15)21-14-19(22)13-20-16(2)12-17-6-4-3-5-7-17/h3-11,16,19-22H,12-14H2,1-2H3. The van der Waals surface area contributed by atoms with Crippen molar-refractivity contribution in [3.05, 3.63) is 65.7 Å². The molecule has 0 bridgehead atoms. The molecule has 3 N–H and O–H groups in total. The minimum Gasteiger partial charge on any atom is -0.390 e. The van der Waals surface area contributed by atoms with Gasteiger partial charge in [0.2, 0.25) is 0 Å². The molecular weight excluding hydrogens is 272 g/mol. The lowest BCUT2D eigenvalue weighted by Gasteiger charge is -2.18. The molecule has 2 aromatic rings. The van der Waals surface area contributed by atoms with Crippen LogP contribution in [0.1, 0.15) is 18.1 Å². The monoisotopic (exact) mass is 298 g/mol. The van der Waals surface area contributed by atoms with Crippen molar-refractivity contribution in [2.75, 3.05) is 18.4 Å². The molecule has 0 aliphatic rings. The molecule has 0 aromatic heterocycles. The second-order valence-electron chi connectivity index (χ2n) is 5.90. The summed E-state index contributed by atoms with van der Waals surface area (Å²) < 4.78 is 0. The fourth-order valence-electron chi connectivity index (χ4n) is 2.36. The zero-order valence-corrected chi connectivity index (χ0v) is 13.4. The Kier molecular flexibility index (Phi) is 6.44. The van der Waals surface area contributed by atoms with Crippen LogP contribution in [0.3, 0.4) is 0 Å². The number of hydrogen-bond acceptors (Lipinski definition) is 3. The fraction of sp³-hybridized carbons (Fsp3) is 0.368. The van der Waals surface area contributed by atoms with E-state index in [4.69, 9.17) is 0 Å². The van der Waals surface area contributed by atoms with Crippen molar-refractivity contribution in [1.29, 1.82) is 0 Å². The fourth-order valence-corrected chi connectivity index (χ4v) is 2.36. The van der Waals surface area contributed by atoms with Gasteiger partial charge in [0, 0.05) is 24.8 Å². The maximum Gasteiger partial charge on any atom is 0.0836 e. The van der Waals surface area contributed by atoms with Crippen molar-refractivity contribution in [3.63, 3.8) is 0 Å². The maximum atomic E-state index is 10.1. The van der Waals surface area contributed by atoms with Crippen LogP contribution in [-0.4, -0.2) is 30.3 Å². The van der Waals surface area contributed by atoms with Gasteiger partial charge in [0.1, 0.15) is 0 Å². The van der Waals surface area contributed by atoms with Crippen LogP contribution in [0.15, 0.2) is 54.6 Å². The summed E-state index contributed by atoms with van der Waals surface area (Å²) in [5, 5.41) is 16.7. The molecule has 118 valence electrons. The van der Waals surface area contributed by atoms with Gasteiger partial charge in [0.25, 0.3) is 0 Å². The van der Waals surface area contributed by atoms with Gasteiger partial charge in [0.05, 0.1) is 6.10 Å². The molecule has 0 saturated carbocycles. The third-order valence-electron chi connectivity index (χ3n) is 3.68. The summed E-state index contributed by atoms with van der Waals surface area (Å²) in [6, 6.07) is 19.0. The molecule has 0 spiro atoms. The van der Waals surface area contributed by atoms with E-state index in [0.717, 1.165) is 12.1 Å². The number of nitrogens with one attached hydrogen (secondary N) is 2. The molecule has 0 amide bonds. The van der Waals surface area contributed by atoms with E-state index in [1.165, 1.54) is 11.1 Å². The van der Waals surface area contributed by atoms with E-state index in [9.17, 15) is 5.11 Å². The second-order valence-corrected chi connectivity index (χ2v) is 5.90. The highest BCUT2D eigenvalue weighted by atomic mass is 16.3. The first-order valence-electron chi connectivity index (χ1n) is 7.89. The Labute approximate surface area is 133 Å². The van der Waals surface area contributed by atoms with Crippen LogP contribution < -0.4 is 10.6 Å². The molecule has 0 heterocycles. The Balaban J connectivity index is 1.66. The summed E-state index contributed by atoms with van der Waals surface area (Å²) >= 11 is 0. The van der Waals surface area contributed by atoms with Gasteiger partial charge in [-0.2, -0.15) is 0 Å². The Morgan fingerprint density at radius 1 is 0.955 bits per heavy atom. The van der Waals surface area contributed by atoms with Crippen molar-refractivity contribution >= 4 is 5.69 Å². The summed E-state index contributed by atoms with van der Waals surface area (Å²) in [4.78, 5) is 0. The molecule has 2 unspecified atom stereocenters. The van der Waals surface area contributed by atoms with E-state index in [0.29, 0.717) is 19.1 Å². The largest absolute Gasteiger partial charge is 0.390 e. The average molecular weight is 298 g/mol. The molecule has 0 radical (unpaired) electrons. The lowest BCUT2D eigenvalue weighted by Crippen LogP contribution is -2.38. The highest BCUT2D eigenvalue weighted by Gasteiger charge is 2.07. The van der Waals surface area contributed by atoms with E-state index >= 15 is 0 Å². The summed E-state index contributed by atoms with van der Waals surface area (Å²) in [6.45, 7) is 5.35. The highest BCUT2D eigenvalue weighted by molar-refractivity contribution is 5.44. The normalized spacial score (nSPS) is 13.6. The van der Waals surface area contributed by atoms with Crippen molar-refractivity contribution in [3.8, 4) is 0 Å². The molecule has 22 heavy (non-hydrogen) atoms. The third kappa shape index (κ3) is 5.88. The van der Waals surface area contributed by atoms with E-state index in [1.807, 2.05) is 18.2 Å². The molecule has 3 nitrogen and oxygen atoms in total. The number of anilines is 1. The molecule has 0 aliphatic carbocycles. The van der Waals surface area contributed by atoms with E-state index in [1.54, 1.807) is 0 Å². The van der Waals surface area contributed by atoms with Crippen LogP contribution >= 0.6 is 0 Å². The Bertz CT molecular complexity index is 539. The lowest BCUT2D eigenvalue weighted by atomic mass is 10.1. The third-order valence-corrected chi connectivity index (χ3v) is 3.68. The quantitative estimate of drug-likeness (QED) is 0.702. The molecule has 0 aliphatic heterocycles. The number of aryl methyl sites for hydroxylation is 1. The van der Waals surface area contributed by atoms with Crippen LogP contribution in [-0.2, 0) is 6.42 Å². The lowest BCUT2D eigenvalue weighted by molar-refractivity contribution is 0.180. The van der Waals surface area contributed by atoms with Gasteiger partial charge < -0.3 is 15.7 Å². The van der Waals surface area contributed by atoms with Gasteiger partial charge in [-0.25, -0.2) is 0 Å². The first-order chi connectivity index (χ1) is 10.6. The zero-order valence-electron chi connectivity index (χ0n) is 13.4. The molecular formula is C19H26N2O. The van der Waals surface area contributed by atoms with Crippen LogP contribution in [0.25, 0.3) is 0 Å². The molecule has 0 fully saturated rings. The number of aliphatic hydroxyl groups is 1. The minimum absolute atomic E-state index is 0.344. The summed E-state index contributed by atoms with van der Waals surface area (Å²) in [5.41, 5.74) is 3.60. The van der Waals surface area contributed by atoms with Crippen molar-refractivity contribution in [2.45, 2.75) is 32.4 Å². The van der Waals surface area contributed by atoms with Crippen molar-refractivity contribution in [1.82, 2.24) is 5.32 Å². The summed E-state index contributed by atoms with van der Waals surface area (Å²) in [6.07, 6.45) is 0.568. The van der Waals surface area contributed by atoms with Crippen LogP contribution in [0, 0.1) is 6.92 Å². The number of benzene rings is 2. The van der Waals surface area contributed by atoms with Gasteiger partial charge >= 0.3 is 0 Å². The molecule has 0 saturated heterocycles. The topological polar surface area (TPSA) is 44.3 Å². The molecule has 2 atom stereocenters. The number of hydrogen-bond donors (Lipinski definition) is 3. The number of aliphatic hydroxyl groups excluding tert-OH is 1. The first kappa shape index (κ1) is 16.5. The number of rotatable bonds is 8. The molecule has 2 rings (SSSR count). The van der Waals surface area contributed by atoms with Gasteiger partial charge in [-0.3, -0.25) is 0 Å². The van der Waals surface area contributed by atoms with Gasteiger partial charge in [0.15, 0.2) is 0 Å². The Morgan fingerprint density at radius 2 is 1.64 bits per heavy atom. The zero-order chi connectivity index (χ0) is 15.8. The predicted molar refractivity (Wildman–Crippen MR) is 93.3 cm³/mol. The second kappa shape index (κ2) is 8.57. The van der Waals surface area contributed by atoms with E-state index < -0.39 is 6.10 Å². The van der Waals surface area contributed by atoms with Crippen LogP contribution in [0.2, 0.25) is 0 Å². The van der Waals surface area contributed by atoms with Crippen molar-refractivity contribution in [2.24, 2.45) is 0 Å². The van der Waals surface area contributed by atoms with Gasteiger partial charge in [-0.1, -0.05) is 48.0 Å². The highest BCUT2D eigenvalue weighted by Crippen LogP contribution is 2.08. The van der Waals surface area contributed by atoms with Gasteiger partial charge in [-0.05, 0) is 38.0 Å². The van der Waals surface area contributed by atoms with Crippen LogP contribution in [0.5, 0.6) is 0 Å².